The summed E-state index contributed by atoms with van der Waals surface area (Å²) >= 11 is 0. The van der Waals surface area contributed by atoms with Gasteiger partial charge in [-0.15, -0.1) is 0 Å². The van der Waals surface area contributed by atoms with Crippen LogP contribution in [0.1, 0.15) is 21.5 Å². The van der Waals surface area contributed by atoms with E-state index in [1.165, 1.54) is 21.5 Å². The Labute approximate surface area is 210 Å². The van der Waals surface area contributed by atoms with Crippen molar-refractivity contribution in [1.82, 2.24) is 0 Å². The van der Waals surface area contributed by atoms with E-state index in [4.69, 9.17) is 0 Å². The van der Waals surface area contributed by atoms with E-state index < -0.39 is 0 Å². The van der Waals surface area contributed by atoms with Gasteiger partial charge in [-0.2, -0.15) is 0 Å². The van der Waals surface area contributed by atoms with Crippen LogP contribution in [0.15, 0.2) is 127 Å². The number of hydrogen-bond donors (Lipinski definition) is 0. The molecule has 0 radical (unpaired) electrons. The average Bonchev–Trinajstić information content (AvgIpc) is 2.95. The van der Waals surface area contributed by atoms with Crippen molar-refractivity contribution in [3.63, 3.8) is 0 Å². The molecular weight excluding hydrogens is 436 g/mol. The van der Waals surface area contributed by atoms with Gasteiger partial charge in [0.1, 0.15) is 0 Å². The summed E-state index contributed by atoms with van der Waals surface area (Å²) in [4.78, 5) is 12.2. The third-order valence-electron chi connectivity index (χ3n) is 6.55. The molecule has 0 aliphatic heterocycles. The Kier molecular flexibility index (Phi) is 5.62. The molecule has 0 saturated carbocycles. The summed E-state index contributed by atoms with van der Waals surface area (Å²) in [7, 11) is 0. The lowest BCUT2D eigenvalue weighted by molar-refractivity contribution is 0.112. The topological polar surface area (TPSA) is 17.1 Å². The second-order valence-corrected chi connectivity index (χ2v) is 8.84. The first-order valence-corrected chi connectivity index (χ1v) is 12.0. The molecule has 0 unspecified atom stereocenters. The minimum absolute atomic E-state index is 0.589. The highest BCUT2D eigenvalue weighted by molar-refractivity contribution is 5.97. The Bertz CT molecular complexity index is 1800. The van der Waals surface area contributed by atoms with Gasteiger partial charge in [0, 0.05) is 16.7 Å². The number of carbonyl (C=O) groups is 1. The SMILES string of the molecule is O=Cc1cc(-c2ccc3ccccc3c2)c(-c2ccc3ccccc3c2)cc1C#Cc1ccccc1. The molecule has 6 aromatic rings. The Morgan fingerprint density at radius 1 is 0.472 bits per heavy atom. The van der Waals surface area contributed by atoms with E-state index >= 15 is 0 Å². The van der Waals surface area contributed by atoms with E-state index in [0.717, 1.165) is 39.7 Å². The first kappa shape index (κ1) is 21.6. The van der Waals surface area contributed by atoms with Crippen molar-refractivity contribution in [1.29, 1.82) is 0 Å². The molecule has 6 aromatic carbocycles. The quantitative estimate of drug-likeness (QED) is 0.192. The number of aldehydes is 1. The summed E-state index contributed by atoms with van der Waals surface area (Å²) in [5.74, 6) is 6.47. The maximum Gasteiger partial charge on any atom is 0.151 e. The Morgan fingerprint density at radius 3 is 1.58 bits per heavy atom. The van der Waals surface area contributed by atoms with Gasteiger partial charge in [0.05, 0.1) is 0 Å². The highest BCUT2D eigenvalue weighted by Gasteiger charge is 2.14. The van der Waals surface area contributed by atoms with Crippen molar-refractivity contribution >= 4 is 27.8 Å². The molecule has 168 valence electrons. The number of hydrogen-bond acceptors (Lipinski definition) is 1. The zero-order chi connectivity index (χ0) is 24.3. The van der Waals surface area contributed by atoms with Gasteiger partial charge in [-0.05, 0) is 80.2 Å². The second kappa shape index (κ2) is 9.37. The van der Waals surface area contributed by atoms with Crippen LogP contribution in [-0.4, -0.2) is 6.29 Å². The molecular formula is C35H22O. The molecule has 0 aliphatic carbocycles. The van der Waals surface area contributed by atoms with Gasteiger partial charge in [0.15, 0.2) is 6.29 Å². The first-order valence-electron chi connectivity index (χ1n) is 12.0. The fourth-order valence-corrected chi connectivity index (χ4v) is 4.67. The largest absolute Gasteiger partial charge is 0.298 e. The summed E-state index contributed by atoms with van der Waals surface area (Å²) in [5, 5.41) is 4.73. The lowest BCUT2D eigenvalue weighted by atomic mass is 9.89. The number of fused-ring (bicyclic) bond motifs is 2. The summed E-state index contributed by atoms with van der Waals surface area (Å²) in [6.07, 6.45) is 0.906. The van der Waals surface area contributed by atoms with Gasteiger partial charge in [-0.25, -0.2) is 0 Å². The van der Waals surface area contributed by atoms with Crippen LogP contribution in [0.4, 0.5) is 0 Å². The molecule has 0 bridgehead atoms. The molecule has 0 N–H and O–H groups in total. The van der Waals surface area contributed by atoms with Crippen molar-refractivity contribution in [2.75, 3.05) is 0 Å². The van der Waals surface area contributed by atoms with E-state index in [2.05, 4.69) is 96.8 Å². The van der Waals surface area contributed by atoms with E-state index in [-0.39, 0.29) is 0 Å². The van der Waals surface area contributed by atoms with Gasteiger partial charge in [0.2, 0.25) is 0 Å². The standard InChI is InChI=1S/C35H22O/c36-24-33-23-35(32-19-17-27-11-5-7-13-29(27)21-32)34(22-30(33)15-14-25-8-2-1-3-9-25)31-18-16-26-10-4-6-12-28(26)20-31/h1-13,16-24H. The van der Waals surface area contributed by atoms with Gasteiger partial charge in [0.25, 0.3) is 0 Å². The maximum absolute atomic E-state index is 12.2. The van der Waals surface area contributed by atoms with Gasteiger partial charge < -0.3 is 0 Å². The van der Waals surface area contributed by atoms with Crippen LogP contribution in [-0.2, 0) is 0 Å². The molecule has 0 fully saturated rings. The van der Waals surface area contributed by atoms with E-state index in [1.807, 2.05) is 42.5 Å². The van der Waals surface area contributed by atoms with Crippen LogP contribution in [0.5, 0.6) is 0 Å². The molecule has 0 amide bonds. The average molecular weight is 459 g/mol. The molecule has 0 heterocycles. The third-order valence-corrected chi connectivity index (χ3v) is 6.55. The van der Waals surface area contributed by atoms with Crippen LogP contribution < -0.4 is 0 Å². The zero-order valence-electron chi connectivity index (χ0n) is 19.6. The minimum atomic E-state index is 0.589. The van der Waals surface area contributed by atoms with Crippen molar-refractivity contribution in [2.24, 2.45) is 0 Å². The van der Waals surface area contributed by atoms with Crippen molar-refractivity contribution in [3.8, 4) is 34.1 Å². The number of carbonyl (C=O) groups excluding carboxylic acids is 1. The molecule has 0 atom stereocenters. The van der Waals surface area contributed by atoms with E-state index in [1.54, 1.807) is 0 Å². The van der Waals surface area contributed by atoms with Crippen molar-refractivity contribution in [3.05, 3.63) is 144 Å². The Balaban J connectivity index is 1.59. The highest BCUT2D eigenvalue weighted by Crippen LogP contribution is 2.37. The Morgan fingerprint density at radius 2 is 1.00 bits per heavy atom. The van der Waals surface area contributed by atoms with E-state index in [0.29, 0.717) is 5.56 Å². The summed E-state index contributed by atoms with van der Waals surface area (Å²) in [5.41, 5.74) is 6.47. The normalized spacial score (nSPS) is 10.7. The molecule has 0 aromatic heterocycles. The van der Waals surface area contributed by atoms with Gasteiger partial charge in [-0.1, -0.05) is 103 Å². The molecule has 1 heteroatoms. The lowest BCUT2D eigenvalue weighted by Gasteiger charge is -2.14. The van der Waals surface area contributed by atoms with Gasteiger partial charge in [-0.3, -0.25) is 4.79 Å². The fourth-order valence-electron chi connectivity index (χ4n) is 4.67. The van der Waals surface area contributed by atoms with Crippen LogP contribution in [0.2, 0.25) is 0 Å². The molecule has 0 aliphatic rings. The second-order valence-electron chi connectivity index (χ2n) is 8.84. The highest BCUT2D eigenvalue weighted by atomic mass is 16.1. The zero-order valence-corrected chi connectivity index (χ0v) is 19.6. The Hall–Kier alpha value is -4.93. The molecule has 6 rings (SSSR count). The summed E-state index contributed by atoms with van der Waals surface area (Å²) in [6.45, 7) is 0. The minimum Gasteiger partial charge on any atom is -0.298 e. The third kappa shape index (κ3) is 4.17. The lowest BCUT2D eigenvalue weighted by Crippen LogP contribution is -1.94. The van der Waals surface area contributed by atoms with Crippen LogP contribution in [0.3, 0.4) is 0 Å². The predicted molar refractivity (Wildman–Crippen MR) is 150 cm³/mol. The number of rotatable bonds is 3. The van der Waals surface area contributed by atoms with Crippen LogP contribution >= 0.6 is 0 Å². The molecule has 0 saturated heterocycles. The smallest absolute Gasteiger partial charge is 0.151 e. The summed E-state index contributed by atoms with van der Waals surface area (Å²) in [6, 6.07) is 43.6. The molecule has 36 heavy (non-hydrogen) atoms. The maximum atomic E-state index is 12.2. The van der Waals surface area contributed by atoms with E-state index in [9.17, 15) is 4.79 Å². The molecule has 0 spiro atoms. The molecule has 1 nitrogen and oxygen atoms in total. The van der Waals surface area contributed by atoms with Crippen LogP contribution in [0.25, 0.3) is 43.8 Å². The van der Waals surface area contributed by atoms with Crippen molar-refractivity contribution in [2.45, 2.75) is 0 Å². The first-order chi connectivity index (χ1) is 17.8. The summed E-state index contributed by atoms with van der Waals surface area (Å²) < 4.78 is 0. The van der Waals surface area contributed by atoms with Crippen molar-refractivity contribution < 1.29 is 4.79 Å². The van der Waals surface area contributed by atoms with Crippen LogP contribution in [0, 0.1) is 11.8 Å². The predicted octanol–water partition coefficient (Wildman–Crippen LogP) is 8.54. The fraction of sp³-hybridized carbons (Fsp3) is 0. The number of benzene rings is 6. The monoisotopic (exact) mass is 458 g/mol. The van der Waals surface area contributed by atoms with Gasteiger partial charge >= 0.3 is 0 Å².